The molecule has 6 aromatic rings. The van der Waals surface area contributed by atoms with Gasteiger partial charge < -0.3 is 18.6 Å². The maximum Gasteiger partial charge on any atom is 0.282 e. The van der Waals surface area contributed by atoms with Gasteiger partial charge in [0, 0.05) is 15.1 Å². The molecule has 2 aromatic heterocycles. The van der Waals surface area contributed by atoms with Crippen molar-refractivity contribution in [1.82, 2.24) is 9.66 Å². The predicted octanol–water partition coefficient (Wildman–Crippen LogP) is 8.36. The maximum atomic E-state index is 13.7. The van der Waals surface area contributed by atoms with Crippen molar-refractivity contribution < 1.29 is 18.6 Å². The van der Waals surface area contributed by atoms with E-state index in [2.05, 4.69) is 21.0 Å². The van der Waals surface area contributed by atoms with E-state index in [9.17, 15) is 4.79 Å². The number of benzene rings is 4. The molecule has 0 saturated heterocycles. The number of hydrogen-bond acceptors (Lipinski definition) is 7. The van der Waals surface area contributed by atoms with Gasteiger partial charge in [0.05, 0.1) is 36.7 Å². The number of hydrogen-bond donors (Lipinski definition) is 0. The summed E-state index contributed by atoms with van der Waals surface area (Å²) in [6.07, 6.45) is 1.49. The van der Waals surface area contributed by atoms with Crippen LogP contribution in [0.15, 0.2) is 97.6 Å². The van der Waals surface area contributed by atoms with E-state index in [1.165, 1.54) is 18.0 Å². The molecule has 0 unspecified atom stereocenters. The van der Waals surface area contributed by atoms with Gasteiger partial charge in [0.15, 0.2) is 17.3 Å². The zero-order valence-corrected chi connectivity index (χ0v) is 25.9. The van der Waals surface area contributed by atoms with Crippen LogP contribution in [-0.2, 0) is 6.61 Å². The molecule has 11 heteroatoms. The van der Waals surface area contributed by atoms with Crippen molar-refractivity contribution in [3.05, 3.63) is 115 Å². The second-order valence-corrected chi connectivity index (χ2v) is 10.9. The number of para-hydroxylation sites is 1. The Morgan fingerprint density at radius 1 is 0.953 bits per heavy atom. The average molecular weight is 679 g/mol. The van der Waals surface area contributed by atoms with Crippen molar-refractivity contribution in [2.45, 2.75) is 6.61 Å². The van der Waals surface area contributed by atoms with Gasteiger partial charge in [0.25, 0.3) is 5.56 Å². The van der Waals surface area contributed by atoms with E-state index in [0.717, 1.165) is 10.9 Å². The van der Waals surface area contributed by atoms with E-state index in [-0.39, 0.29) is 23.0 Å². The van der Waals surface area contributed by atoms with Crippen molar-refractivity contribution in [3.8, 4) is 28.8 Å². The van der Waals surface area contributed by atoms with Crippen molar-refractivity contribution in [1.29, 1.82) is 0 Å². The standard InChI is InChI=1S/C32H22BrCl2N3O5/c1-40-24-8-5-9-25-22(24)15-27(43-25)31-37-23-7-4-3-6-21(23)32(39)38(31)36-16-19-14-26(41-2)30(29(35)28(19)33)42-17-18-10-12-20(34)13-11-18/h3-16H,17H2,1-2H3. The highest BCUT2D eigenvalue weighted by Gasteiger charge is 2.20. The quantitative estimate of drug-likeness (QED) is 0.150. The number of fused-ring (bicyclic) bond motifs is 2. The Hall–Kier alpha value is -4.31. The minimum atomic E-state index is -0.374. The van der Waals surface area contributed by atoms with Gasteiger partial charge in [-0.15, -0.1) is 0 Å². The minimum absolute atomic E-state index is 0.218. The first-order valence-electron chi connectivity index (χ1n) is 12.9. The highest BCUT2D eigenvalue weighted by atomic mass is 79.9. The van der Waals surface area contributed by atoms with E-state index < -0.39 is 0 Å². The molecule has 0 aliphatic rings. The number of halogens is 3. The van der Waals surface area contributed by atoms with Crippen LogP contribution in [0, 0.1) is 0 Å². The first kappa shape index (κ1) is 28.8. The third-order valence-electron chi connectivity index (χ3n) is 6.70. The average Bonchev–Trinajstić information content (AvgIpc) is 3.47. The van der Waals surface area contributed by atoms with Gasteiger partial charge in [-0.05, 0) is 70.0 Å². The fourth-order valence-corrected chi connectivity index (χ4v) is 5.33. The molecule has 6 rings (SSSR count). The number of aromatic nitrogens is 2. The molecule has 2 heterocycles. The number of rotatable bonds is 8. The lowest BCUT2D eigenvalue weighted by molar-refractivity contribution is 0.284. The molecule has 0 aliphatic carbocycles. The molecule has 8 nitrogen and oxygen atoms in total. The molecule has 0 atom stereocenters. The van der Waals surface area contributed by atoms with Gasteiger partial charge in [0.1, 0.15) is 23.0 Å². The zero-order valence-electron chi connectivity index (χ0n) is 22.8. The Morgan fingerprint density at radius 2 is 1.72 bits per heavy atom. The second kappa shape index (κ2) is 12.1. The molecule has 0 radical (unpaired) electrons. The molecule has 0 aliphatic heterocycles. The first-order chi connectivity index (χ1) is 20.9. The van der Waals surface area contributed by atoms with Crippen LogP contribution < -0.4 is 19.8 Å². The van der Waals surface area contributed by atoms with Crippen LogP contribution in [0.1, 0.15) is 11.1 Å². The van der Waals surface area contributed by atoms with E-state index >= 15 is 0 Å². The summed E-state index contributed by atoms with van der Waals surface area (Å²) < 4.78 is 24.9. The summed E-state index contributed by atoms with van der Waals surface area (Å²) in [6.45, 7) is 0.247. The smallest absolute Gasteiger partial charge is 0.282 e. The third kappa shape index (κ3) is 5.59. The van der Waals surface area contributed by atoms with Gasteiger partial charge in [-0.1, -0.05) is 53.5 Å². The monoisotopic (exact) mass is 677 g/mol. The fraction of sp³-hybridized carbons (Fsp3) is 0.0938. The molecule has 0 N–H and O–H groups in total. The van der Waals surface area contributed by atoms with Crippen molar-refractivity contribution in [2.75, 3.05) is 14.2 Å². The Morgan fingerprint density at radius 3 is 2.49 bits per heavy atom. The summed E-state index contributed by atoms with van der Waals surface area (Å²) in [5.41, 5.74) is 2.16. The van der Waals surface area contributed by atoms with E-state index in [0.29, 0.717) is 54.6 Å². The largest absolute Gasteiger partial charge is 0.496 e. The van der Waals surface area contributed by atoms with Crippen LogP contribution in [0.3, 0.4) is 0 Å². The number of ether oxygens (including phenoxy) is 3. The SMILES string of the molecule is COc1cc(C=Nn2c(-c3cc4c(OC)cccc4o3)nc3ccccc3c2=O)c(Br)c(Cl)c1OCc1ccc(Cl)cc1. The first-order valence-corrected chi connectivity index (χ1v) is 14.5. The van der Waals surface area contributed by atoms with Crippen LogP contribution in [0.4, 0.5) is 0 Å². The van der Waals surface area contributed by atoms with Gasteiger partial charge in [-0.2, -0.15) is 9.78 Å². The van der Waals surface area contributed by atoms with Crippen LogP contribution >= 0.6 is 39.1 Å². The molecule has 216 valence electrons. The van der Waals surface area contributed by atoms with Crippen molar-refractivity contribution in [3.63, 3.8) is 0 Å². The summed E-state index contributed by atoms with van der Waals surface area (Å²) in [7, 11) is 3.10. The number of nitrogens with zero attached hydrogens (tertiary/aromatic N) is 3. The van der Waals surface area contributed by atoms with E-state index in [4.69, 9.17) is 46.8 Å². The van der Waals surface area contributed by atoms with E-state index in [1.54, 1.807) is 49.6 Å². The highest BCUT2D eigenvalue weighted by molar-refractivity contribution is 9.10. The van der Waals surface area contributed by atoms with Crippen molar-refractivity contribution >= 4 is 67.2 Å². The predicted molar refractivity (Wildman–Crippen MR) is 172 cm³/mol. The molecular formula is C32H22BrCl2N3O5. The van der Waals surface area contributed by atoms with Crippen LogP contribution in [0.2, 0.25) is 10.0 Å². The molecule has 4 aromatic carbocycles. The van der Waals surface area contributed by atoms with E-state index in [1.807, 2.05) is 36.4 Å². The summed E-state index contributed by atoms with van der Waals surface area (Å²) in [5, 5.41) is 6.61. The Kier molecular flexibility index (Phi) is 8.12. The molecule has 0 amide bonds. The lowest BCUT2D eigenvalue weighted by atomic mass is 10.2. The molecular weight excluding hydrogens is 657 g/mol. The Bertz CT molecular complexity index is 2070. The molecule has 0 fully saturated rings. The normalized spacial score (nSPS) is 11.5. The van der Waals surface area contributed by atoms with Crippen LogP contribution in [0.25, 0.3) is 33.5 Å². The molecule has 0 saturated carbocycles. The minimum Gasteiger partial charge on any atom is -0.496 e. The van der Waals surface area contributed by atoms with Crippen LogP contribution in [-0.4, -0.2) is 30.1 Å². The number of furan rings is 1. The Balaban J connectivity index is 1.43. The lowest BCUT2D eigenvalue weighted by Gasteiger charge is -2.15. The topological polar surface area (TPSA) is 88.1 Å². The Labute approximate surface area is 264 Å². The maximum absolute atomic E-state index is 13.7. The lowest BCUT2D eigenvalue weighted by Crippen LogP contribution is -2.20. The van der Waals surface area contributed by atoms with Gasteiger partial charge in [-0.3, -0.25) is 4.79 Å². The van der Waals surface area contributed by atoms with Gasteiger partial charge in [-0.25, -0.2) is 4.98 Å². The highest BCUT2D eigenvalue weighted by Crippen LogP contribution is 2.42. The molecule has 0 spiro atoms. The van der Waals surface area contributed by atoms with Gasteiger partial charge >= 0.3 is 0 Å². The third-order valence-corrected chi connectivity index (χ3v) is 8.40. The number of methoxy groups -OCH3 is 2. The zero-order chi connectivity index (χ0) is 30.1. The molecule has 43 heavy (non-hydrogen) atoms. The fourth-order valence-electron chi connectivity index (χ4n) is 4.55. The summed E-state index contributed by atoms with van der Waals surface area (Å²) >= 11 is 16.3. The van der Waals surface area contributed by atoms with Gasteiger partial charge in [0.2, 0.25) is 5.82 Å². The summed E-state index contributed by atoms with van der Waals surface area (Å²) in [4.78, 5) is 18.4. The van der Waals surface area contributed by atoms with Crippen LogP contribution in [0.5, 0.6) is 17.2 Å². The summed E-state index contributed by atoms with van der Waals surface area (Å²) in [6, 6.07) is 23.3. The second-order valence-electron chi connectivity index (χ2n) is 9.34. The van der Waals surface area contributed by atoms with Crippen molar-refractivity contribution in [2.24, 2.45) is 5.10 Å². The summed E-state index contributed by atoms with van der Waals surface area (Å²) in [5.74, 6) is 1.94. The molecule has 0 bridgehead atoms.